The van der Waals surface area contributed by atoms with E-state index < -0.39 is 0 Å². The molecule has 1 amide bonds. The Bertz CT molecular complexity index is 991. The minimum Gasteiger partial charge on any atom is -0.338 e. The second-order valence-corrected chi connectivity index (χ2v) is 8.40. The Morgan fingerprint density at radius 1 is 1.14 bits per heavy atom. The predicted molar refractivity (Wildman–Crippen MR) is 115 cm³/mol. The molecule has 2 aromatic heterocycles. The Morgan fingerprint density at radius 2 is 1.97 bits per heavy atom. The van der Waals surface area contributed by atoms with Crippen LogP contribution in [0.3, 0.4) is 0 Å². The fraction of sp³-hybridized carbons (Fsp3) is 0.458. The number of aryl methyl sites for hydroxylation is 2. The maximum absolute atomic E-state index is 12.8. The lowest BCUT2D eigenvalue weighted by Gasteiger charge is -2.29. The standard InChI is InChI=1S/C24H30N4O/c1-18(2)12-16-28-22(26-21-9-6-14-25-24(21)28)10-5-11-23(29)27-15-13-19-7-3-4-8-20(19)17-27/h3-4,6-9,14,18H,5,10-13,15-17H2,1-2H3. The largest absolute Gasteiger partial charge is 0.338 e. The Labute approximate surface area is 172 Å². The lowest BCUT2D eigenvalue weighted by atomic mass is 9.99. The molecule has 0 saturated carbocycles. The summed E-state index contributed by atoms with van der Waals surface area (Å²) in [6.07, 6.45) is 6.09. The number of rotatable bonds is 7. The maximum atomic E-state index is 12.8. The summed E-state index contributed by atoms with van der Waals surface area (Å²) < 4.78 is 2.25. The predicted octanol–water partition coefficient (Wildman–Crippen LogP) is 4.39. The lowest BCUT2D eigenvalue weighted by molar-refractivity contribution is -0.132. The van der Waals surface area contributed by atoms with Gasteiger partial charge in [-0.05, 0) is 48.4 Å². The average molecular weight is 391 g/mol. The first-order valence-electron chi connectivity index (χ1n) is 10.8. The minimum atomic E-state index is 0.252. The van der Waals surface area contributed by atoms with Gasteiger partial charge in [-0.3, -0.25) is 4.79 Å². The van der Waals surface area contributed by atoms with E-state index in [1.807, 2.05) is 23.2 Å². The van der Waals surface area contributed by atoms with Crippen LogP contribution in [0.4, 0.5) is 0 Å². The van der Waals surface area contributed by atoms with E-state index in [2.05, 4.69) is 47.7 Å². The molecule has 5 nitrogen and oxygen atoms in total. The van der Waals surface area contributed by atoms with Crippen molar-refractivity contribution in [2.24, 2.45) is 5.92 Å². The van der Waals surface area contributed by atoms with Crippen LogP contribution in [0.15, 0.2) is 42.6 Å². The summed E-state index contributed by atoms with van der Waals surface area (Å²) >= 11 is 0. The number of hydrogen-bond donors (Lipinski definition) is 0. The molecule has 0 aliphatic carbocycles. The third kappa shape index (κ3) is 4.50. The molecule has 5 heteroatoms. The van der Waals surface area contributed by atoms with Crippen molar-refractivity contribution in [1.82, 2.24) is 19.4 Å². The number of pyridine rings is 1. The second kappa shape index (κ2) is 8.76. The van der Waals surface area contributed by atoms with Crippen LogP contribution in [0, 0.1) is 5.92 Å². The normalized spacial score (nSPS) is 13.8. The molecule has 152 valence electrons. The van der Waals surface area contributed by atoms with E-state index in [4.69, 9.17) is 4.98 Å². The van der Waals surface area contributed by atoms with Crippen molar-refractivity contribution >= 4 is 17.1 Å². The van der Waals surface area contributed by atoms with Gasteiger partial charge in [-0.15, -0.1) is 0 Å². The molecule has 0 saturated heterocycles. The Balaban J connectivity index is 1.38. The van der Waals surface area contributed by atoms with Gasteiger partial charge in [-0.25, -0.2) is 9.97 Å². The van der Waals surface area contributed by atoms with E-state index in [1.54, 1.807) is 0 Å². The number of aromatic nitrogens is 3. The summed E-state index contributed by atoms with van der Waals surface area (Å²) in [7, 11) is 0. The molecule has 3 heterocycles. The molecule has 4 rings (SSSR count). The quantitative estimate of drug-likeness (QED) is 0.601. The summed E-state index contributed by atoms with van der Waals surface area (Å²) in [4.78, 5) is 24.1. The zero-order valence-electron chi connectivity index (χ0n) is 17.5. The van der Waals surface area contributed by atoms with Crippen LogP contribution >= 0.6 is 0 Å². The van der Waals surface area contributed by atoms with E-state index in [1.165, 1.54) is 11.1 Å². The molecular weight excluding hydrogens is 360 g/mol. The van der Waals surface area contributed by atoms with Gasteiger partial charge in [-0.2, -0.15) is 0 Å². The molecule has 3 aromatic rings. The summed E-state index contributed by atoms with van der Waals surface area (Å²) in [6, 6.07) is 12.4. The molecule has 0 N–H and O–H groups in total. The molecule has 1 aliphatic heterocycles. The average Bonchev–Trinajstić information content (AvgIpc) is 3.09. The number of carbonyl (C=O) groups excluding carboxylic acids is 1. The van der Waals surface area contributed by atoms with Crippen LogP contribution in [0.2, 0.25) is 0 Å². The van der Waals surface area contributed by atoms with Crippen LogP contribution in [-0.2, 0) is 30.7 Å². The van der Waals surface area contributed by atoms with E-state index >= 15 is 0 Å². The number of fused-ring (bicyclic) bond motifs is 2. The van der Waals surface area contributed by atoms with Crippen LogP contribution < -0.4 is 0 Å². The van der Waals surface area contributed by atoms with Crippen LogP contribution in [0.1, 0.15) is 50.1 Å². The van der Waals surface area contributed by atoms with Crippen molar-refractivity contribution in [3.8, 4) is 0 Å². The van der Waals surface area contributed by atoms with Crippen molar-refractivity contribution in [2.75, 3.05) is 6.54 Å². The highest BCUT2D eigenvalue weighted by Crippen LogP contribution is 2.21. The summed E-state index contributed by atoms with van der Waals surface area (Å²) in [5.74, 6) is 1.94. The van der Waals surface area contributed by atoms with Crippen molar-refractivity contribution in [3.63, 3.8) is 0 Å². The fourth-order valence-electron chi connectivity index (χ4n) is 4.08. The van der Waals surface area contributed by atoms with Gasteiger partial charge in [0.25, 0.3) is 0 Å². The third-order valence-corrected chi connectivity index (χ3v) is 5.79. The fourth-order valence-corrected chi connectivity index (χ4v) is 4.08. The van der Waals surface area contributed by atoms with Crippen molar-refractivity contribution in [2.45, 2.75) is 59.0 Å². The number of carbonyl (C=O) groups is 1. The second-order valence-electron chi connectivity index (χ2n) is 8.40. The molecule has 0 spiro atoms. The van der Waals surface area contributed by atoms with Gasteiger partial charge >= 0.3 is 0 Å². The first kappa shape index (κ1) is 19.6. The molecule has 1 aliphatic rings. The molecule has 0 unspecified atom stereocenters. The van der Waals surface area contributed by atoms with Crippen LogP contribution in [-0.4, -0.2) is 31.9 Å². The lowest BCUT2D eigenvalue weighted by Crippen LogP contribution is -2.35. The zero-order chi connectivity index (χ0) is 20.2. The van der Waals surface area contributed by atoms with E-state index in [0.717, 1.165) is 62.3 Å². The van der Waals surface area contributed by atoms with Crippen LogP contribution in [0.25, 0.3) is 11.2 Å². The third-order valence-electron chi connectivity index (χ3n) is 5.79. The first-order valence-corrected chi connectivity index (χ1v) is 10.8. The maximum Gasteiger partial charge on any atom is 0.222 e. The van der Waals surface area contributed by atoms with Gasteiger partial charge in [-0.1, -0.05) is 38.1 Å². The van der Waals surface area contributed by atoms with E-state index in [9.17, 15) is 4.79 Å². The first-order chi connectivity index (χ1) is 14.1. The van der Waals surface area contributed by atoms with E-state index in [-0.39, 0.29) is 5.91 Å². The van der Waals surface area contributed by atoms with Gasteiger partial charge in [0.2, 0.25) is 5.91 Å². The topological polar surface area (TPSA) is 51.0 Å². The number of imidazole rings is 1. The Kier molecular flexibility index (Phi) is 5.93. The molecule has 0 fully saturated rings. The molecule has 1 aromatic carbocycles. The Hall–Kier alpha value is -2.69. The highest BCUT2D eigenvalue weighted by molar-refractivity contribution is 5.76. The van der Waals surface area contributed by atoms with Gasteiger partial charge < -0.3 is 9.47 Å². The molecule has 29 heavy (non-hydrogen) atoms. The van der Waals surface area contributed by atoms with Crippen molar-refractivity contribution < 1.29 is 4.79 Å². The summed E-state index contributed by atoms with van der Waals surface area (Å²) in [5, 5.41) is 0. The zero-order valence-corrected chi connectivity index (χ0v) is 17.5. The number of hydrogen-bond acceptors (Lipinski definition) is 3. The Morgan fingerprint density at radius 3 is 2.79 bits per heavy atom. The summed E-state index contributed by atoms with van der Waals surface area (Å²) in [6.45, 7) is 6.97. The molecular formula is C24H30N4O. The van der Waals surface area contributed by atoms with E-state index in [0.29, 0.717) is 12.3 Å². The van der Waals surface area contributed by atoms with Gasteiger partial charge in [0.15, 0.2) is 5.65 Å². The van der Waals surface area contributed by atoms with Gasteiger partial charge in [0.05, 0.1) is 0 Å². The highest BCUT2D eigenvalue weighted by atomic mass is 16.2. The molecule has 0 atom stereocenters. The number of benzene rings is 1. The smallest absolute Gasteiger partial charge is 0.222 e. The minimum absolute atomic E-state index is 0.252. The summed E-state index contributed by atoms with van der Waals surface area (Å²) in [5.41, 5.74) is 4.57. The van der Waals surface area contributed by atoms with Crippen molar-refractivity contribution in [1.29, 1.82) is 0 Å². The van der Waals surface area contributed by atoms with Gasteiger partial charge in [0.1, 0.15) is 11.3 Å². The van der Waals surface area contributed by atoms with Crippen LogP contribution in [0.5, 0.6) is 0 Å². The molecule has 0 bridgehead atoms. The highest BCUT2D eigenvalue weighted by Gasteiger charge is 2.20. The number of nitrogens with zero attached hydrogens (tertiary/aromatic N) is 4. The van der Waals surface area contributed by atoms with Crippen molar-refractivity contribution in [3.05, 3.63) is 59.5 Å². The van der Waals surface area contributed by atoms with Gasteiger partial charge in [0, 0.05) is 38.7 Å². The number of amides is 1. The SMILES string of the molecule is CC(C)CCn1c(CCCC(=O)N2CCc3ccccc3C2)nc2cccnc21. The molecule has 0 radical (unpaired) electrons. The monoisotopic (exact) mass is 390 g/mol.